The van der Waals surface area contributed by atoms with Gasteiger partial charge in [0.05, 0.1) is 0 Å². The third kappa shape index (κ3) is 3.09. The van der Waals surface area contributed by atoms with Crippen molar-refractivity contribution in [3.63, 3.8) is 0 Å². The maximum atomic E-state index is 3.74. The molecule has 112 valence electrons. The van der Waals surface area contributed by atoms with E-state index in [1.165, 1.54) is 24.0 Å². The molecule has 1 saturated carbocycles. The molecular formula is C19H31N. The first kappa shape index (κ1) is 15.6. The zero-order chi connectivity index (χ0) is 15.0. The van der Waals surface area contributed by atoms with Gasteiger partial charge in [0.15, 0.2) is 0 Å². The summed E-state index contributed by atoms with van der Waals surface area (Å²) in [5, 5.41) is 3.74. The fourth-order valence-electron chi connectivity index (χ4n) is 3.52. The van der Waals surface area contributed by atoms with Gasteiger partial charge in [0.25, 0.3) is 0 Å². The Balaban J connectivity index is 1.73. The summed E-state index contributed by atoms with van der Waals surface area (Å²) in [4.78, 5) is 0. The first-order chi connectivity index (χ1) is 9.25. The quantitative estimate of drug-likeness (QED) is 0.799. The van der Waals surface area contributed by atoms with Crippen LogP contribution in [0.4, 0.5) is 0 Å². The first-order valence-corrected chi connectivity index (χ1v) is 8.04. The largest absolute Gasteiger partial charge is 0.314 e. The van der Waals surface area contributed by atoms with Gasteiger partial charge in [0, 0.05) is 6.04 Å². The van der Waals surface area contributed by atoms with Crippen LogP contribution in [0.15, 0.2) is 24.3 Å². The van der Waals surface area contributed by atoms with Crippen molar-refractivity contribution < 1.29 is 0 Å². The standard InChI is InChI=1S/C19H31N/c1-14-8-7-9-16(12-14)11-10-15(2)20-13-17-18(3,4)19(17,5)6/h7-9,12,15,17,20H,10-11,13H2,1-6H3. The van der Waals surface area contributed by atoms with Gasteiger partial charge in [-0.05, 0) is 55.5 Å². The molecule has 1 atom stereocenters. The minimum atomic E-state index is 0.496. The smallest absolute Gasteiger partial charge is 0.00420 e. The van der Waals surface area contributed by atoms with E-state index < -0.39 is 0 Å². The predicted molar refractivity (Wildman–Crippen MR) is 88.0 cm³/mol. The second-order valence-corrected chi connectivity index (χ2v) is 7.83. The lowest BCUT2D eigenvalue weighted by atomic mass is 10.0. The van der Waals surface area contributed by atoms with Crippen molar-refractivity contribution in [3.05, 3.63) is 35.4 Å². The lowest BCUT2D eigenvalue weighted by molar-refractivity contribution is 0.457. The molecule has 1 N–H and O–H groups in total. The molecule has 1 aliphatic carbocycles. The minimum absolute atomic E-state index is 0.496. The van der Waals surface area contributed by atoms with E-state index in [2.05, 4.69) is 71.1 Å². The number of hydrogen-bond donors (Lipinski definition) is 1. The van der Waals surface area contributed by atoms with Gasteiger partial charge in [-0.15, -0.1) is 0 Å². The monoisotopic (exact) mass is 273 g/mol. The highest BCUT2D eigenvalue weighted by atomic mass is 14.9. The van der Waals surface area contributed by atoms with Crippen LogP contribution in [0.5, 0.6) is 0 Å². The van der Waals surface area contributed by atoms with Crippen LogP contribution < -0.4 is 5.32 Å². The van der Waals surface area contributed by atoms with Crippen molar-refractivity contribution in [1.82, 2.24) is 5.32 Å². The molecule has 1 aliphatic rings. The Morgan fingerprint density at radius 2 is 1.80 bits per heavy atom. The number of nitrogens with one attached hydrogen (secondary N) is 1. The van der Waals surface area contributed by atoms with Gasteiger partial charge in [-0.1, -0.05) is 57.5 Å². The summed E-state index contributed by atoms with van der Waals surface area (Å²) in [5.74, 6) is 0.816. The van der Waals surface area contributed by atoms with Crippen LogP contribution >= 0.6 is 0 Å². The number of benzene rings is 1. The summed E-state index contributed by atoms with van der Waals surface area (Å²) in [6, 6.07) is 9.48. The summed E-state index contributed by atoms with van der Waals surface area (Å²) >= 11 is 0. The summed E-state index contributed by atoms with van der Waals surface area (Å²) in [5.41, 5.74) is 3.82. The Labute approximate surface area is 125 Å². The third-order valence-electron chi connectivity index (χ3n) is 5.94. The molecule has 0 bridgehead atoms. The molecular weight excluding hydrogens is 242 g/mol. The molecule has 0 radical (unpaired) electrons. The highest BCUT2D eigenvalue weighted by Gasteiger charge is 2.63. The number of aryl methyl sites for hydroxylation is 2. The van der Waals surface area contributed by atoms with Crippen LogP contribution in [0.1, 0.15) is 52.2 Å². The van der Waals surface area contributed by atoms with Crippen molar-refractivity contribution in [2.45, 2.75) is 60.4 Å². The average Bonchev–Trinajstić information content (AvgIpc) is 2.75. The van der Waals surface area contributed by atoms with Crippen molar-refractivity contribution in [1.29, 1.82) is 0 Å². The molecule has 0 aliphatic heterocycles. The summed E-state index contributed by atoms with van der Waals surface area (Å²) in [6.45, 7) is 15.2. The van der Waals surface area contributed by atoms with Gasteiger partial charge < -0.3 is 5.32 Å². The van der Waals surface area contributed by atoms with Crippen molar-refractivity contribution in [3.8, 4) is 0 Å². The second kappa shape index (κ2) is 5.52. The zero-order valence-electron chi connectivity index (χ0n) is 14.1. The van der Waals surface area contributed by atoms with Crippen molar-refractivity contribution >= 4 is 0 Å². The SMILES string of the molecule is Cc1cccc(CCC(C)NCC2C(C)(C)C2(C)C)c1. The lowest BCUT2D eigenvalue weighted by Crippen LogP contribution is -2.29. The van der Waals surface area contributed by atoms with Crippen LogP contribution in [0.2, 0.25) is 0 Å². The Kier molecular flexibility index (Phi) is 4.30. The summed E-state index contributed by atoms with van der Waals surface area (Å²) in [7, 11) is 0. The van der Waals surface area contributed by atoms with Gasteiger partial charge in [0.1, 0.15) is 0 Å². The fourth-order valence-corrected chi connectivity index (χ4v) is 3.52. The maximum absolute atomic E-state index is 3.74. The Bertz CT molecular complexity index is 445. The predicted octanol–water partition coefficient (Wildman–Crippen LogP) is 4.59. The van der Waals surface area contributed by atoms with Gasteiger partial charge in [-0.25, -0.2) is 0 Å². The van der Waals surface area contributed by atoms with Gasteiger partial charge >= 0.3 is 0 Å². The highest BCUT2D eigenvalue weighted by molar-refractivity contribution is 5.22. The Morgan fingerprint density at radius 1 is 1.15 bits per heavy atom. The molecule has 1 aromatic carbocycles. The van der Waals surface area contributed by atoms with Gasteiger partial charge in [-0.3, -0.25) is 0 Å². The normalized spacial score (nSPS) is 21.7. The minimum Gasteiger partial charge on any atom is -0.314 e. The summed E-state index contributed by atoms with van der Waals surface area (Å²) in [6.07, 6.45) is 2.39. The van der Waals surface area contributed by atoms with E-state index in [1.807, 2.05) is 0 Å². The maximum Gasteiger partial charge on any atom is 0.00420 e. The van der Waals surface area contributed by atoms with Crippen LogP contribution in [-0.2, 0) is 6.42 Å². The van der Waals surface area contributed by atoms with Crippen LogP contribution in [0.3, 0.4) is 0 Å². The van der Waals surface area contributed by atoms with E-state index in [-0.39, 0.29) is 0 Å². The van der Waals surface area contributed by atoms with Gasteiger partial charge in [-0.2, -0.15) is 0 Å². The van der Waals surface area contributed by atoms with Crippen molar-refractivity contribution in [2.75, 3.05) is 6.54 Å². The molecule has 1 unspecified atom stereocenters. The Morgan fingerprint density at radius 3 is 2.35 bits per heavy atom. The molecule has 0 heterocycles. The second-order valence-electron chi connectivity index (χ2n) is 7.83. The third-order valence-corrected chi connectivity index (χ3v) is 5.94. The molecule has 0 saturated heterocycles. The van der Waals surface area contributed by atoms with E-state index in [0.717, 1.165) is 12.5 Å². The summed E-state index contributed by atoms with van der Waals surface area (Å²) < 4.78 is 0. The lowest BCUT2D eigenvalue weighted by Gasteiger charge is -2.15. The van der Waals surface area contributed by atoms with Crippen molar-refractivity contribution in [2.24, 2.45) is 16.7 Å². The fraction of sp³-hybridized carbons (Fsp3) is 0.684. The molecule has 0 aromatic heterocycles. The van der Waals surface area contributed by atoms with E-state index in [0.29, 0.717) is 16.9 Å². The zero-order valence-corrected chi connectivity index (χ0v) is 14.1. The number of hydrogen-bond acceptors (Lipinski definition) is 1. The molecule has 1 fully saturated rings. The first-order valence-electron chi connectivity index (χ1n) is 8.04. The Hall–Kier alpha value is -0.820. The molecule has 0 spiro atoms. The molecule has 20 heavy (non-hydrogen) atoms. The van der Waals surface area contributed by atoms with Gasteiger partial charge in [0.2, 0.25) is 0 Å². The molecule has 1 heteroatoms. The molecule has 2 rings (SSSR count). The highest BCUT2D eigenvalue weighted by Crippen LogP contribution is 2.67. The number of rotatable bonds is 6. The van der Waals surface area contributed by atoms with E-state index in [9.17, 15) is 0 Å². The molecule has 0 amide bonds. The molecule has 1 aromatic rings. The van der Waals surface area contributed by atoms with Crippen LogP contribution in [0, 0.1) is 23.7 Å². The van der Waals surface area contributed by atoms with Crippen LogP contribution in [0.25, 0.3) is 0 Å². The molecule has 1 nitrogen and oxygen atoms in total. The van der Waals surface area contributed by atoms with E-state index >= 15 is 0 Å². The van der Waals surface area contributed by atoms with Crippen LogP contribution in [-0.4, -0.2) is 12.6 Å². The van der Waals surface area contributed by atoms with E-state index in [4.69, 9.17) is 0 Å². The average molecular weight is 273 g/mol. The van der Waals surface area contributed by atoms with E-state index in [1.54, 1.807) is 0 Å². The topological polar surface area (TPSA) is 12.0 Å².